The Morgan fingerprint density at radius 2 is 1.87 bits per heavy atom. The molecule has 0 spiro atoms. The van der Waals surface area contributed by atoms with Crippen molar-refractivity contribution in [1.82, 2.24) is 15.6 Å². The lowest BCUT2D eigenvalue weighted by Gasteiger charge is -2.11. The maximum Gasteiger partial charge on any atom is 0.191 e. The largest absolute Gasteiger partial charge is 0.357 e. The molecule has 23 heavy (non-hydrogen) atoms. The minimum atomic E-state index is 0.733. The van der Waals surface area contributed by atoms with E-state index in [2.05, 4.69) is 58.7 Å². The molecule has 4 nitrogen and oxygen atoms in total. The van der Waals surface area contributed by atoms with E-state index in [9.17, 15) is 0 Å². The molecule has 0 aliphatic heterocycles. The third-order valence-electron chi connectivity index (χ3n) is 3.53. The minimum Gasteiger partial charge on any atom is -0.357 e. The maximum absolute atomic E-state index is 4.61. The molecule has 0 radical (unpaired) electrons. The fraction of sp³-hybridized carbons (Fsp3) is 0.368. The molecule has 1 heterocycles. The summed E-state index contributed by atoms with van der Waals surface area (Å²) in [5.74, 6) is 0.871. The van der Waals surface area contributed by atoms with E-state index in [4.69, 9.17) is 0 Å². The number of benzene rings is 1. The molecule has 1 aromatic carbocycles. The molecule has 0 aliphatic carbocycles. The topological polar surface area (TPSA) is 49.3 Å². The summed E-state index contributed by atoms with van der Waals surface area (Å²) in [6.45, 7) is 6.66. The molecule has 2 N–H and O–H groups in total. The van der Waals surface area contributed by atoms with E-state index in [1.54, 1.807) is 0 Å². The molecule has 2 aromatic rings. The molecule has 0 fully saturated rings. The van der Waals surface area contributed by atoms with Gasteiger partial charge in [-0.25, -0.2) is 0 Å². The van der Waals surface area contributed by atoms with Gasteiger partial charge in [-0.15, -0.1) is 0 Å². The lowest BCUT2D eigenvalue weighted by atomic mass is 10.1. The summed E-state index contributed by atoms with van der Waals surface area (Å²) >= 11 is 0. The SMILES string of the molecule is CCNC(=NCCc1ccccn1)NCCc1ccc(C)cc1. The number of nitrogens with one attached hydrogen (secondary N) is 2. The second kappa shape index (κ2) is 9.62. The van der Waals surface area contributed by atoms with Crippen LogP contribution in [0.3, 0.4) is 0 Å². The highest BCUT2D eigenvalue weighted by atomic mass is 15.2. The van der Waals surface area contributed by atoms with Crippen molar-refractivity contribution in [3.05, 3.63) is 65.5 Å². The summed E-state index contributed by atoms with van der Waals surface area (Å²) in [4.78, 5) is 8.93. The van der Waals surface area contributed by atoms with Crippen LogP contribution in [0.1, 0.15) is 23.7 Å². The van der Waals surface area contributed by atoms with Crippen molar-refractivity contribution >= 4 is 5.96 Å². The van der Waals surface area contributed by atoms with Gasteiger partial charge in [0.2, 0.25) is 0 Å². The van der Waals surface area contributed by atoms with Crippen LogP contribution in [0.25, 0.3) is 0 Å². The molecule has 2 rings (SSSR count). The Morgan fingerprint density at radius 3 is 2.57 bits per heavy atom. The van der Waals surface area contributed by atoms with Crippen LogP contribution in [0.15, 0.2) is 53.7 Å². The number of rotatable bonds is 7. The molecular formula is C19H26N4. The Morgan fingerprint density at radius 1 is 1.04 bits per heavy atom. The summed E-state index contributed by atoms with van der Waals surface area (Å²) < 4.78 is 0. The number of aromatic nitrogens is 1. The van der Waals surface area contributed by atoms with Gasteiger partial charge in [0.25, 0.3) is 0 Å². The van der Waals surface area contributed by atoms with E-state index in [-0.39, 0.29) is 0 Å². The minimum absolute atomic E-state index is 0.733. The van der Waals surface area contributed by atoms with E-state index in [1.807, 2.05) is 24.4 Å². The molecule has 4 heteroatoms. The number of hydrogen-bond donors (Lipinski definition) is 2. The van der Waals surface area contributed by atoms with Gasteiger partial charge in [0, 0.05) is 37.9 Å². The highest BCUT2D eigenvalue weighted by molar-refractivity contribution is 5.79. The van der Waals surface area contributed by atoms with Gasteiger partial charge in [-0.1, -0.05) is 35.9 Å². The van der Waals surface area contributed by atoms with Gasteiger partial charge in [0.1, 0.15) is 0 Å². The number of hydrogen-bond acceptors (Lipinski definition) is 2. The zero-order valence-corrected chi connectivity index (χ0v) is 14.0. The monoisotopic (exact) mass is 310 g/mol. The van der Waals surface area contributed by atoms with Crippen LogP contribution in [-0.4, -0.2) is 30.6 Å². The first kappa shape index (κ1) is 17.0. The lowest BCUT2D eigenvalue weighted by molar-refractivity contribution is 0.794. The first-order valence-electron chi connectivity index (χ1n) is 8.25. The van der Waals surface area contributed by atoms with Gasteiger partial charge < -0.3 is 10.6 Å². The Bertz CT molecular complexity index is 591. The number of pyridine rings is 1. The fourth-order valence-corrected chi connectivity index (χ4v) is 2.25. The zero-order valence-electron chi connectivity index (χ0n) is 14.0. The average Bonchev–Trinajstić information content (AvgIpc) is 2.58. The quantitative estimate of drug-likeness (QED) is 0.611. The second-order valence-corrected chi connectivity index (χ2v) is 5.49. The van der Waals surface area contributed by atoms with Crippen LogP contribution in [-0.2, 0) is 12.8 Å². The van der Waals surface area contributed by atoms with Crippen molar-refractivity contribution in [3.8, 4) is 0 Å². The Hall–Kier alpha value is -2.36. The molecule has 0 unspecified atom stereocenters. The van der Waals surface area contributed by atoms with Crippen LogP contribution >= 0.6 is 0 Å². The zero-order chi connectivity index (χ0) is 16.3. The molecule has 0 saturated heterocycles. The normalized spacial score (nSPS) is 11.3. The summed E-state index contributed by atoms with van der Waals surface area (Å²) in [6, 6.07) is 14.7. The number of nitrogens with zero attached hydrogens (tertiary/aromatic N) is 2. The molecule has 0 amide bonds. The Balaban J connectivity index is 1.78. The van der Waals surface area contributed by atoms with Crippen LogP contribution < -0.4 is 10.6 Å². The Kier molecular flexibility index (Phi) is 7.11. The Labute approximate surface area is 139 Å². The molecule has 1 aromatic heterocycles. The van der Waals surface area contributed by atoms with Crippen molar-refractivity contribution in [2.75, 3.05) is 19.6 Å². The number of aliphatic imine (C=N–C) groups is 1. The molecule has 0 bridgehead atoms. The first-order valence-corrected chi connectivity index (χ1v) is 8.25. The van der Waals surface area contributed by atoms with Crippen LogP contribution in [0, 0.1) is 6.92 Å². The predicted octanol–water partition coefficient (Wildman–Crippen LogP) is 2.73. The van der Waals surface area contributed by atoms with Crippen molar-refractivity contribution < 1.29 is 0 Å². The average molecular weight is 310 g/mol. The number of guanidine groups is 1. The van der Waals surface area contributed by atoms with Gasteiger partial charge in [0.15, 0.2) is 5.96 Å². The van der Waals surface area contributed by atoms with E-state index < -0.39 is 0 Å². The van der Waals surface area contributed by atoms with Crippen molar-refractivity contribution in [3.63, 3.8) is 0 Å². The van der Waals surface area contributed by atoms with E-state index in [1.165, 1.54) is 11.1 Å². The summed E-state index contributed by atoms with van der Waals surface area (Å²) in [5, 5.41) is 6.67. The molecular weight excluding hydrogens is 284 g/mol. The molecule has 122 valence electrons. The van der Waals surface area contributed by atoms with Gasteiger partial charge in [0.05, 0.1) is 0 Å². The lowest BCUT2D eigenvalue weighted by Crippen LogP contribution is -2.38. The fourth-order valence-electron chi connectivity index (χ4n) is 2.25. The predicted molar refractivity (Wildman–Crippen MR) is 96.8 cm³/mol. The first-order chi connectivity index (χ1) is 11.3. The standard InChI is InChI=1S/C19H26N4/c1-3-20-19(23-15-12-18-6-4-5-13-21-18)22-14-11-17-9-7-16(2)8-10-17/h4-10,13H,3,11-12,14-15H2,1-2H3,(H2,20,22,23). The van der Waals surface area contributed by atoms with E-state index in [0.717, 1.165) is 44.1 Å². The third-order valence-corrected chi connectivity index (χ3v) is 3.53. The van der Waals surface area contributed by atoms with Crippen LogP contribution in [0.5, 0.6) is 0 Å². The summed E-state index contributed by atoms with van der Waals surface area (Å²) in [7, 11) is 0. The highest BCUT2D eigenvalue weighted by Gasteiger charge is 1.98. The van der Waals surface area contributed by atoms with Gasteiger partial charge in [-0.2, -0.15) is 0 Å². The maximum atomic E-state index is 4.61. The third kappa shape index (κ3) is 6.51. The molecule has 0 saturated carbocycles. The van der Waals surface area contributed by atoms with Crippen molar-refractivity contribution in [2.24, 2.45) is 4.99 Å². The molecule has 0 atom stereocenters. The van der Waals surface area contributed by atoms with E-state index >= 15 is 0 Å². The highest BCUT2D eigenvalue weighted by Crippen LogP contribution is 2.03. The van der Waals surface area contributed by atoms with Crippen LogP contribution in [0.4, 0.5) is 0 Å². The number of aryl methyl sites for hydroxylation is 1. The summed E-state index contributed by atoms with van der Waals surface area (Å²) in [5.41, 5.74) is 3.71. The second-order valence-electron chi connectivity index (χ2n) is 5.49. The molecule has 0 aliphatic rings. The van der Waals surface area contributed by atoms with Crippen molar-refractivity contribution in [1.29, 1.82) is 0 Å². The van der Waals surface area contributed by atoms with Gasteiger partial charge in [-0.05, 0) is 38.0 Å². The van der Waals surface area contributed by atoms with Crippen LogP contribution in [0.2, 0.25) is 0 Å². The summed E-state index contributed by atoms with van der Waals surface area (Å²) in [6.07, 6.45) is 3.67. The smallest absolute Gasteiger partial charge is 0.191 e. The van der Waals surface area contributed by atoms with Gasteiger partial charge >= 0.3 is 0 Å². The van der Waals surface area contributed by atoms with Crippen molar-refractivity contribution in [2.45, 2.75) is 26.7 Å². The van der Waals surface area contributed by atoms with E-state index in [0.29, 0.717) is 0 Å². The van der Waals surface area contributed by atoms with Gasteiger partial charge in [-0.3, -0.25) is 9.98 Å².